The van der Waals surface area contributed by atoms with E-state index >= 15 is 0 Å². The van der Waals surface area contributed by atoms with E-state index in [0.717, 1.165) is 17.0 Å². The first-order valence-corrected chi connectivity index (χ1v) is 13.6. The van der Waals surface area contributed by atoms with E-state index in [1.807, 2.05) is 47.7 Å². The van der Waals surface area contributed by atoms with E-state index in [1.165, 1.54) is 42.4 Å². The summed E-state index contributed by atoms with van der Waals surface area (Å²) in [6.45, 7) is 0. The minimum Gasteiger partial charge on any atom is -0.212 e. The summed E-state index contributed by atoms with van der Waals surface area (Å²) >= 11 is 1.86. The van der Waals surface area contributed by atoms with Crippen LogP contribution in [0.4, 0.5) is 0 Å². The van der Waals surface area contributed by atoms with Gasteiger partial charge in [-0.25, -0.2) is 15.0 Å². The molecule has 1 aliphatic carbocycles. The monoisotopic (exact) mass is 503 g/mol. The van der Waals surface area contributed by atoms with Gasteiger partial charge in [-0.1, -0.05) is 103 Å². The van der Waals surface area contributed by atoms with Crippen molar-refractivity contribution in [2.24, 2.45) is 0 Å². The number of hydrogen-bond donors (Lipinski definition) is 0. The Labute approximate surface area is 224 Å². The summed E-state index contributed by atoms with van der Waals surface area (Å²) in [5.41, 5.74) is 7.00. The molecule has 0 spiro atoms. The third-order valence-corrected chi connectivity index (χ3v) is 8.53. The maximum absolute atomic E-state index is 5.12. The fourth-order valence-corrected chi connectivity index (χ4v) is 6.78. The Kier molecular flexibility index (Phi) is 4.76. The maximum atomic E-state index is 5.12. The quantitative estimate of drug-likeness (QED) is 0.242. The number of hydrogen-bond acceptors (Lipinski definition) is 4. The van der Waals surface area contributed by atoms with Crippen LogP contribution in [0.3, 0.4) is 0 Å². The van der Waals surface area contributed by atoms with Crippen molar-refractivity contribution >= 4 is 31.5 Å². The lowest BCUT2D eigenvalue weighted by atomic mass is 9.94. The fourth-order valence-electron chi connectivity index (χ4n) is 5.65. The molecule has 1 unspecified atom stereocenters. The Balaban J connectivity index is 1.41. The van der Waals surface area contributed by atoms with Crippen molar-refractivity contribution in [3.05, 3.63) is 138 Å². The van der Waals surface area contributed by atoms with Crippen LogP contribution in [-0.4, -0.2) is 15.0 Å². The molecule has 5 aromatic carbocycles. The average molecular weight is 504 g/mol. The first-order chi connectivity index (χ1) is 18.8. The van der Waals surface area contributed by atoms with E-state index in [-0.39, 0.29) is 5.92 Å². The average Bonchev–Trinajstić information content (AvgIpc) is 3.51. The zero-order valence-electron chi connectivity index (χ0n) is 20.4. The SMILES string of the molecule is c1ccc(-c2nc(-c3ccccc3)nc(C3c4ccccc4-c4cc5sc6ccccc6c5cc43)n2)cc1. The van der Waals surface area contributed by atoms with Gasteiger partial charge in [-0.3, -0.25) is 0 Å². The molecule has 1 atom stereocenters. The third kappa shape index (κ3) is 3.31. The van der Waals surface area contributed by atoms with Gasteiger partial charge in [0.05, 0.1) is 5.92 Å². The van der Waals surface area contributed by atoms with Gasteiger partial charge in [0.25, 0.3) is 0 Å². The Morgan fingerprint density at radius 1 is 0.474 bits per heavy atom. The first-order valence-electron chi connectivity index (χ1n) is 12.7. The molecule has 3 nitrogen and oxygen atoms in total. The standard InChI is InChI=1S/C34H21N3S/c1-3-11-21(12-4-1)32-35-33(22-13-5-2-6-14-22)37-34(36-32)31-25-17-8-7-15-23(25)26-20-30-27(19-28(26)31)24-16-9-10-18-29(24)38-30/h1-20,31H. The Morgan fingerprint density at radius 2 is 1.11 bits per heavy atom. The summed E-state index contributed by atoms with van der Waals surface area (Å²) in [7, 11) is 0. The van der Waals surface area contributed by atoms with Crippen LogP contribution in [0.15, 0.2) is 121 Å². The number of fused-ring (bicyclic) bond motifs is 6. The molecule has 2 aromatic heterocycles. The third-order valence-electron chi connectivity index (χ3n) is 7.40. The summed E-state index contributed by atoms with van der Waals surface area (Å²) in [5.74, 6) is 2.10. The summed E-state index contributed by atoms with van der Waals surface area (Å²) in [5, 5.41) is 2.60. The van der Waals surface area contributed by atoms with Crippen LogP contribution >= 0.6 is 11.3 Å². The van der Waals surface area contributed by atoms with Crippen LogP contribution in [-0.2, 0) is 0 Å². The molecule has 8 rings (SSSR count). The lowest BCUT2D eigenvalue weighted by Gasteiger charge is -2.15. The largest absolute Gasteiger partial charge is 0.212 e. The van der Waals surface area contributed by atoms with Crippen molar-refractivity contribution in [2.45, 2.75) is 5.92 Å². The van der Waals surface area contributed by atoms with Gasteiger partial charge in [0.2, 0.25) is 0 Å². The highest BCUT2D eigenvalue weighted by Crippen LogP contribution is 2.50. The molecule has 4 heteroatoms. The number of benzene rings is 5. The lowest BCUT2D eigenvalue weighted by molar-refractivity contribution is 0.856. The Hall–Kier alpha value is -4.67. The van der Waals surface area contributed by atoms with Gasteiger partial charge in [-0.2, -0.15) is 0 Å². The van der Waals surface area contributed by atoms with Gasteiger partial charge in [0, 0.05) is 31.3 Å². The molecule has 1 aliphatic rings. The summed E-state index contributed by atoms with van der Waals surface area (Å²) in [6, 6.07) is 42.5. The number of rotatable bonds is 3. The van der Waals surface area contributed by atoms with E-state index in [0.29, 0.717) is 11.6 Å². The van der Waals surface area contributed by atoms with Crippen molar-refractivity contribution in [1.29, 1.82) is 0 Å². The van der Waals surface area contributed by atoms with E-state index in [9.17, 15) is 0 Å². The van der Waals surface area contributed by atoms with Crippen LogP contribution in [0.1, 0.15) is 22.9 Å². The topological polar surface area (TPSA) is 38.7 Å². The molecule has 0 N–H and O–H groups in total. The van der Waals surface area contributed by atoms with Crippen molar-refractivity contribution in [3.63, 3.8) is 0 Å². The summed E-state index contributed by atoms with van der Waals surface area (Å²) in [6.07, 6.45) is 0. The molecule has 0 saturated carbocycles. The van der Waals surface area contributed by atoms with Crippen molar-refractivity contribution in [3.8, 4) is 33.9 Å². The maximum Gasteiger partial charge on any atom is 0.163 e. The molecule has 2 heterocycles. The molecule has 7 aromatic rings. The summed E-state index contributed by atoms with van der Waals surface area (Å²) in [4.78, 5) is 15.2. The van der Waals surface area contributed by atoms with E-state index in [4.69, 9.17) is 15.0 Å². The van der Waals surface area contributed by atoms with Crippen molar-refractivity contribution < 1.29 is 0 Å². The second kappa shape index (κ2) is 8.44. The van der Waals surface area contributed by atoms with Crippen molar-refractivity contribution in [2.75, 3.05) is 0 Å². The molecular weight excluding hydrogens is 482 g/mol. The van der Waals surface area contributed by atoms with E-state index in [2.05, 4.69) is 84.9 Å². The van der Waals surface area contributed by atoms with E-state index in [1.54, 1.807) is 0 Å². The van der Waals surface area contributed by atoms with Gasteiger partial charge >= 0.3 is 0 Å². The molecule has 0 aliphatic heterocycles. The number of nitrogens with zero attached hydrogens (tertiary/aromatic N) is 3. The molecule has 0 fully saturated rings. The molecule has 178 valence electrons. The zero-order chi connectivity index (χ0) is 25.1. The predicted octanol–water partition coefficient (Wildman–Crippen LogP) is 8.73. The second-order valence-electron chi connectivity index (χ2n) is 9.63. The van der Waals surface area contributed by atoms with Crippen LogP contribution < -0.4 is 0 Å². The highest BCUT2D eigenvalue weighted by atomic mass is 32.1. The molecule has 0 bridgehead atoms. The summed E-state index contributed by atoms with van der Waals surface area (Å²) < 4.78 is 2.62. The molecule has 0 radical (unpaired) electrons. The highest BCUT2D eigenvalue weighted by Gasteiger charge is 2.33. The fraction of sp³-hybridized carbons (Fsp3) is 0.0294. The second-order valence-corrected chi connectivity index (χ2v) is 10.7. The Morgan fingerprint density at radius 3 is 1.84 bits per heavy atom. The van der Waals surface area contributed by atoms with Crippen LogP contribution in [0.2, 0.25) is 0 Å². The van der Waals surface area contributed by atoms with Gasteiger partial charge in [0.1, 0.15) is 5.82 Å². The van der Waals surface area contributed by atoms with Gasteiger partial charge in [-0.15, -0.1) is 11.3 Å². The zero-order valence-corrected chi connectivity index (χ0v) is 21.2. The Bertz CT molecular complexity index is 1920. The number of aromatic nitrogens is 3. The van der Waals surface area contributed by atoms with Crippen LogP contribution in [0.5, 0.6) is 0 Å². The van der Waals surface area contributed by atoms with Gasteiger partial charge in [-0.05, 0) is 40.5 Å². The highest BCUT2D eigenvalue weighted by molar-refractivity contribution is 7.25. The van der Waals surface area contributed by atoms with Gasteiger partial charge < -0.3 is 0 Å². The molecular formula is C34H21N3S. The molecule has 0 saturated heterocycles. The lowest BCUT2D eigenvalue weighted by Crippen LogP contribution is -2.09. The van der Waals surface area contributed by atoms with Crippen LogP contribution in [0.25, 0.3) is 54.1 Å². The predicted molar refractivity (Wildman–Crippen MR) is 156 cm³/mol. The van der Waals surface area contributed by atoms with E-state index < -0.39 is 0 Å². The number of thiophene rings is 1. The normalized spacial score (nSPS) is 14.1. The smallest absolute Gasteiger partial charge is 0.163 e. The minimum absolute atomic E-state index is 0.0720. The minimum atomic E-state index is -0.0720. The van der Waals surface area contributed by atoms with Crippen LogP contribution in [0, 0.1) is 0 Å². The molecule has 0 amide bonds. The van der Waals surface area contributed by atoms with Gasteiger partial charge in [0.15, 0.2) is 11.6 Å². The van der Waals surface area contributed by atoms with Crippen molar-refractivity contribution in [1.82, 2.24) is 15.0 Å². The molecule has 38 heavy (non-hydrogen) atoms. The first kappa shape index (κ1) is 21.4.